The van der Waals surface area contributed by atoms with Gasteiger partial charge in [-0.15, -0.1) is 0 Å². The zero-order valence-corrected chi connectivity index (χ0v) is 16.4. The lowest BCUT2D eigenvalue weighted by molar-refractivity contribution is -0.0497. The van der Waals surface area contributed by atoms with Crippen molar-refractivity contribution in [3.8, 4) is 17.9 Å². The lowest BCUT2D eigenvalue weighted by atomic mass is 10.0. The minimum atomic E-state index is -2.93. The topological polar surface area (TPSA) is 97.9 Å². The van der Waals surface area contributed by atoms with Crippen LogP contribution in [-0.2, 0) is 0 Å². The first-order valence-electron chi connectivity index (χ1n) is 9.72. The molecule has 0 bridgehead atoms. The van der Waals surface area contributed by atoms with E-state index in [9.17, 15) is 14.0 Å². The first kappa shape index (κ1) is 20.3. The van der Waals surface area contributed by atoms with E-state index in [0.29, 0.717) is 27.7 Å². The van der Waals surface area contributed by atoms with Gasteiger partial charge in [0.15, 0.2) is 0 Å². The van der Waals surface area contributed by atoms with Gasteiger partial charge in [0, 0.05) is 36.9 Å². The number of anilines is 2. The third-order valence-electron chi connectivity index (χ3n) is 5.23. The van der Waals surface area contributed by atoms with Crippen molar-refractivity contribution in [1.29, 1.82) is 10.5 Å². The molecule has 0 spiro atoms. The number of rotatable bonds is 5. The van der Waals surface area contributed by atoms with E-state index in [1.165, 1.54) is 18.3 Å². The Morgan fingerprint density at radius 3 is 2.52 bits per heavy atom. The molecule has 1 N–H and O–H groups in total. The van der Waals surface area contributed by atoms with Gasteiger partial charge >= 0.3 is 6.61 Å². The Balaban J connectivity index is 1.53. The van der Waals surface area contributed by atoms with Gasteiger partial charge in [0.05, 0.1) is 22.3 Å². The van der Waals surface area contributed by atoms with Crippen molar-refractivity contribution in [3.63, 3.8) is 0 Å². The summed E-state index contributed by atoms with van der Waals surface area (Å²) in [7, 11) is 0. The number of nitrogens with zero attached hydrogens (tertiary/aromatic N) is 5. The third kappa shape index (κ3) is 4.46. The molecule has 9 heteroatoms. The van der Waals surface area contributed by atoms with Crippen LogP contribution in [-0.4, -0.2) is 35.7 Å². The summed E-state index contributed by atoms with van der Waals surface area (Å²) in [6.45, 7) is -1.43. The van der Waals surface area contributed by atoms with Crippen molar-refractivity contribution in [2.45, 2.75) is 25.5 Å². The van der Waals surface area contributed by atoms with Crippen molar-refractivity contribution in [1.82, 2.24) is 9.97 Å². The predicted molar refractivity (Wildman–Crippen MR) is 111 cm³/mol. The molecule has 0 aliphatic carbocycles. The van der Waals surface area contributed by atoms with Gasteiger partial charge in [0.25, 0.3) is 0 Å². The van der Waals surface area contributed by atoms with E-state index in [0.717, 1.165) is 31.7 Å². The molecule has 1 saturated heterocycles. The van der Waals surface area contributed by atoms with Crippen molar-refractivity contribution < 1.29 is 13.5 Å². The van der Waals surface area contributed by atoms with E-state index in [1.54, 1.807) is 18.3 Å². The molecular formula is C22H18F2N6O. The highest BCUT2D eigenvalue weighted by molar-refractivity contribution is 5.95. The molecule has 0 atom stereocenters. The number of hydrogen-bond donors (Lipinski definition) is 1. The average Bonchev–Trinajstić information content (AvgIpc) is 2.79. The summed E-state index contributed by atoms with van der Waals surface area (Å²) < 4.78 is 29.8. The monoisotopic (exact) mass is 420 g/mol. The van der Waals surface area contributed by atoms with E-state index in [2.05, 4.69) is 37.1 Å². The van der Waals surface area contributed by atoms with E-state index in [-0.39, 0.29) is 11.8 Å². The zero-order valence-electron chi connectivity index (χ0n) is 16.4. The zero-order chi connectivity index (χ0) is 21.8. The predicted octanol–water partition coefficient (Wildman–Crippen LogP) is 4.06. The van der Waals surface area contributed by atoms with Gasteiger partial charge in [-0.25, -0.2) is 4.98 Å². The summed E-state index contributed by atoms with van der Waals surface area (Å²) >= 11 is 0. The summed E-state index contributed by atoms with van der Waals surface area (Å²) in [5.41, 5.74) is 2.02. The highest BCUT2D eigenvalue weighted by atomic mass is 19.3. The molecule has 156 valence electrons. The number of piperidine rings is 1. The fourth-order valence-corrected chi connectivity index (χ4v) is 3.68. The smallest absolute Gasteiger partial charge is 0.387 e. The number of hydrogen-bond acceptors (Lipinski definition) is 7. The Morgan fingerprint density at radius 2 is 1.87 bits per heavy atom. The molecule has 7 nitrogen and oxygen atoms in total. The summed E-state index contributed by atoms with van der Waals surface area (Å²) in [4.78, 5) is 10.7. The summed E-state index contributed by atoms with van der Waals surface area (Å²) in [5, 5.41) is 22.4. The Labute approximate surface area is 177 Å². The van der Waals surface area contributed by atoms with E-state index in [1.807, 2.05) is 6.07 Å². The molecule has 0 amide bonds. The Kier molecular flexibility index (Phi) is 5.76. The van der Waals surface area contributed by atoms with Crippen LogP contribution in [0.15, 0.2) is 42.7 Å². The maximum Gasteiger partial charge on any atom is 0.387 e. The van der Waals surface area contributed by atoms with Gasteiger partial charge in [-0.1, -0.05) is 0 Å². The number of benzene rings is 1. The van der Waals surface area contributed by atoms with Crippen molar-refractivity contribution >= 4 is 22.4 Å². The number of nitriles is 2. The van der Waals surface area contributed by atoms with Crippen LogP contribution >= 0.6 is 0 Å². The Morgan fingerprint density at radius 1 is 1.06 bits per heavy atom. The summed E-state index contributed by atoms with van der Waals surface area (Å²) in [6, 6.07) is 12.4. The van der Waals surface area contributed by atoms with Gasteiger partial charge in [-0.2, -0.15) is 19.3 Å². The number of nitrogens with one attached hydrogen (secondary N) is 1. The van der Waals surface area contributed by atoms with Gasteiger partial charge in [0.1, 0.15) is 23.7 Å². The number of ether oxygens (including phenoxy) is 1. The van der Waals surface area contributed by atoms with Gasteiger partial charge in [-0.3, -0.25) is 4.98 Å². The molecule has 4 rings (SSSR count). The fraction of sp³-hybridized carbons (Fsp3) is 0.273. The third-order valence-corrected chi connectivity index (χ3v) is 5.23. The van der Waals surface area contributed by atoms with Gasteiger partial charge in [-0.05, 0) is 43.2 Å². The Bertz CT molecular complexity index is 1160. The standard InChI is InChI=1S/C22H18F2N6O/c23-22(24)31-17-2-3-19-18(9-17)21(15(11-26)13-27-19)29-16-5-7-30(8-6-16)20-4-1-14(10-25)12-28-20/h1-4,9,12-13,16,22H,5-8H2,(H,27,29). The second kappa shape index (κ2) is 8.80. The second-order valence-corrected chi connectivity index (χ2v) is 7.14. The number of fused-ring (bicyclic) bond motifs is 1. The first-order valence-corrected chi connectivity index (χ1v) is 9.72. The van der Waals surface area contributed by atoms with Crippen LogP contribution in [0.5, 0.6) is 5.75 Å². The van der Waals surface area contributed by atoms with E-state index < -0.39 is 6.61 Å². The van der Waals surface area contributed by atoms with Crippen molar-refractivity contribution in [2.75, 3.05) is 23.3 Å². The molecule has 1 aromatic carbocycles. The van der Waals surface area contributed by atoms with Gasteiger partial charge < -0.3 is 15.0 Å². The molecule has 3 heterocycles. The van der Waals surface area contributed by atoms with Crippen molar-refractivity contribution in [3.05, 3.63) is 53.9 Å². The summed E-state index contributed by atoms with van der Waals surface area (Å²) in [5.74, 6) is 0.836. The average molecular weight is 420 g/mol. The largest absolute Gasteiger partial charge is 0.435 e. The van der Waals surface area contributed by atoms with E-state index >= 15 is 0 Å². The van der Waals surface area contributed by atoms with Crippen LogP contribution in [0, 0.1) is 22.7 Å². The molecular weight excluding hydrogens is 402 g/mol. The molecule has 3 aromatic rings. The van der Waals surface area contributed by atoms with Crippen LogP contribution in [0.4, 0.5) is 20.3 Å². The van der Waals surface area contributed by atoms with Crippen molar-refractivity contribution in [2.24, 2.45) is 0 Å². The van der Waals surface area contributed by atoms with Crippen LogP contribution in [0.1, 0.15) is 24.0 Å². The minimum absolute atomic E-state index is 0.0177. The fourth-order valence-electron chi connectivity index (χ4n) is 3.68. The van der Waals surface area contributed by atoms with E-state index in [4.69, 9.17) is 5.26 Å². The molecule has 1 fully saturated rings. The van der Waals surface area contributed by atoms with Crippen LogP contribution in [0.25, 0.3) is 10.9 Å². The normalized spacial score (nSPS) is 14.3. The van der Waals surface area contributed by atoms with Crippen LogP contribution < -0.4 is 15.0 Å². The first-order chi connectivity index (χ1) is 15.1. The number of aromatic nitrogens is 2. The number of pyridine rings is 2. The lowest BCUT2D eigenvalue weighted by Crippen LogP contribution is -2.39. The highest BCUT2D eigenvalue weighted by Crippen LogP contribution is 2.31. The number of alkyl halides is 2. The molecule has 2 aromatic heterocycles. The maximum atomic E-state index is 12.6. The molecule has 31 heavy (non-hydrogen) atoms. The molecule has 0 unspecified atom stereocenters. The lowest BCUT2D eigenvalue weighted by Gasteiger charge is -2.34. The van der Waals surface area contributed by atoms with Crippen LogP contribution in [0.3, 0.4) is 0 Å². The molecule has 1 aliphatic heterocycles. The maximum absolute atomic E-state index is 12.6. The molecule has 0 radical (unpaired) electrons. The highest BCUT2D eigenvalue weighted by Gasteiger charge is 2.22. The minimum Gasteiger partial charge on any atom is -0.435 e. The molecule has 0 saturated carbocycles. The number of halogens is 2. The Hall–Kier alpha value is -3.98. The van der Waals surface area contributed by atoms with Gasteiger partial charge in [0.2, 0.25) is 0 Å². The van der Waals surface area contributed by atoms with Crippen LogP contribution in [0.2, 0.25) is 0 Å². The second-order valence-electron chi connectivity index (χ2n) is 7.14. The SMILES string of the molecule is N#Cc1ccc(N2CCC(Nc3c(C#N)cnc4ccc(OC(F)F)cc34)CC2)nc1. The molecule has 1 aliphatic rings. The summed E-state index contributed by atoms with van der Waals surface area (Å²) in [6.07, 6.45) is 4.63. The quantitative estimate of drug-likeness (QED) is 0.665.